The average Bonchev–Trinajstić information content (AvgIpc) is 2.46. The predicted molar refractivity (Wildman–Crippen MR) is 87.6 cm³/mol. The van der Waals surface area contributed by atoms with Gasteiger partial charge >= 0.3 is 0 Å². The lowest BCUT2D eigenvalue weighted by Crippen LogP contribution is -2.21. The highest BCUT2D eigenvalue weighted by molar-refractivity contribution is 6.39. The second-order valence-electron chi connectivity index (χ2n) is 5.21. The van der Waals surface area contributed by atoms with Crippen molar-refractivity contribution in [1.82, 2.24) is 0 Å². The molecule has 0 aliphatic rings. The molecular weight excluding hydrogens is 276 g/mol. The van der Waals surface area contributed by atoms with Crippen LogP contribution in [0.1, 0.15) is 22.3 Å². The van der Waals surface area contributed by atoms with Crippen molar-refractivity contribution in [2.45, 2.75) is 13.8 Å². The molecule has 0 bridgehead atoms. The van der Waals surface area contributed by atoms with Crippen molar-refractivity contribution in [3.8, 4) is 0 Å². The Bertz CT molecular complexity index is 676. The molecule has 0 radical (unpaired) electrons. The van der Waals surface area contributed by atoms with Crippen LogP contribution in [0.25, 0.3) is 11.1 Å². The Balaban J connectivity index is 2.73. The van der Waals surface area contributed by atoms with Crippen LogP contribution in [0.3, 0.4) is 0 Å². The first-order valence-electron chi connectivity index (χ1n) is 6.88. The standard InChI is InChI=1S/C18H18N2O2/c1-11-3-7-13(8-4-11)15(17(19)21)16(18(20)22)14-9-5-12(2)6-10-14/h3-10H,1-2H3,(H2,19,21)(H2,20,22). The third-order valence-electron chi connectivity index (χ3n) is 3.42. The van der Waals surface area contributed by atoms with Gasteiger partial charge in [-0.1, -0.05) is 59.7 Å². The van der Waals surface area contributed by atoms with Crippen LogP contribution in [0.15, 0.2) is 48.5 Å². The number of carbonyl (C=O) groups excluding carboxylic acids is 2. The first kappa shape index (κ1) is 15.5. The van der Waals surface area contributed by atoms with Gasteiger partial charge in [-0.3, -0.25) is 9.59 Å². The first-order chi connectivity index (χ1) is 10.4. The summed E-state index contributed by atoms with van der Waals surface area (Å²) in [5.41, 5.74) is 14.5. The summed E-state index contributed by atoms with van der Waals surface area (Å²) in [6, 6.07) is 14.4. The van der Waals surface area contributed by atoms with Crippen LogP contribution in [-0.4, -0.2) is 11.8 Å². The van der Waals surface area contributed by atoms with Gasteiger partial charge in [0.25, 0.3) is 0 Å². The summed E-state index contributed by atoms with van der Waals surface area (Å²) in [7, 11) is 0. The van der Waals surface area contributed by atoms with Crippen LogP contribution in [0, 0.1) is 13.8 Å². The van der Waals surface area contributed by atoms with Crippen molar-refractivity contribution in [3.63, 3.8) is 0 Å². The van der Waals surface area contributed by atoms with Gasteiger partial charge in [0.2, 0.25) is 11.8 Å². The number of nitrogens with two attached hydrogens (primary N) is 2. The molecule has 0 atom stereocenters. The number of primary amides is 2. The topological polar surface area (TPSA) is 86.2 Å². The molecule has 2 amide bonds. The summed E-state index contributed by atoms with van der Waals surface area (Å²) in [4.78, 5) is 23.9. The van der Waals surface area contributed by atoms with E-state index in [4.69, 9.17) is 11.5 Å². The quantitative estimate of drug-likeness (QED) is 0.669. The van der Waals surface area contributed by atoms with E-state index >= 15 is 0 Å². The number of rotatable bonds is 4. The van der Waals surface area contributed by atoms with Gasteiger partial charge in [-0.2, -0.15) is 0 Å². The number of hydrogen-bond acceptors (Lipinski definition) is 2. The molecule has 0 spiro atoms. The number of aryl methyl sites for hydroxylation is 2. The van der Waals surface area contributed by atoms with Crippen molar-refractivity contribution in [3.05, 3.63) is 70.8 Å². The molecule has 0 saturated carbocycles. The predicted octanol–water partition coefficient (Wildman–Crippen LogP) is 2.18. The second kappa shape index (κ2) is 6.26. The minimum atomic E-state index is -0.682. The lowest BCUT2D eigenvalue weighted by atomic mass is 9.93. The van der Waals surface area contributed by atoms with Gasteiger partial charge in [-0.15, -0.1) is 0 Å². The van der Waals surface area contributed by atoms with Gasteiger partial charge < -0.3 is 11.5 Å². The fourth-order valence-corrected chi connectivity index (χ4v) is 2.26. The summed E-state index contributed by atoms with van der Waals surface area (Å²) in [5.74, 6) is -1.36. The van der Waals surface area contributed by atoms with Crippen LogP contribution in [0.4, 0.5) is 0 Å². The fraction of sp³-hybridized carbons (Fsp3) is 0.111. The third kappa shape index (κ3) is 3.23. The Morgan fingerprint density at radius 2 is 0.909 bits per heavy atom. The van der Waals surface area contributed by atoms with E-state index in [1.807, 2.05) is 38.1 Å². The molecule has 4 nitrogen and oxygen atoms in total. The average molecular weight is 294 g/mol. The minimum absolute atomic E-state index is 0.136. The molecule has 0 fully saturated rings. The lowest BCUT2D eigenvalue weighted by molar-refractivity contribution is -0.114. The second-order valence-corrected chi connectivity index (χ2v) is 5.21. The van der Waals surface area contributed by atoms with E-state index in [2.05, 4.69) is 0 Å². The monoisotopic (exact) mass is 294 g/mol. The summed E-state index contributed by atoms with van der Waals surface area (Å²) in [5, 5.41) is 0. The van der Waals surface area contributed by atoms with Gasteiger partial charge in [-0.25, -0.2) is 0 Å². The Morgan fingerprint density at radius 3 is 1.14 bits per heavy atom. The Hall–Kier alpha value is -2.88. The molecule has 22 heavy (non-hydrogen) atoms. The Morgan fingerprint density at radius 1 is 0.636 bits per heavy atom. The molecule has 0 heterocycles. The molecule has 2 rings (SSSR count). The highest BCUT2D eigenvalue weighted by Crippen LogP contribution is 2.26. The zero-order chi connectivity index (χ0) is 16.3. The summed E-state index contributed by atoms with van der Waals surface area (Å²) >= 11 is 0. The van der Waals surface area contributed by atoms with Gasteiger partial charge in [0, 0.05) is 0 Å². The van der Waals surface area contributed by atoms with Crippen LogP contribution in [0.2, 0.25) is 0 Å². The molecule has 0 unspecified atom stereocenters. The van der Waals surface area contributed by atoms with Gasteiger partial charge in [0.1, 0.15) is 0 Å². The maximum Gasteiger partial charge on any atom is 0.250 e. The van der Waals surface area contributed by atoms with E-state index in [0.29, 0.717) is 11.1 Å². The van der Waals surface area contributed by atoms with Gasteiger partial charge in [0.15, 0.2) is 0 Å². The van der Waals surface area contributed by atoms with Crippen molar-refractivity contribution in [2.24, 2.45) is 11.5 Å². The summed E-state index contributed by atoms with van der Waals surface area (Å²) in [6.07, 6.45) is 0. The molecule has 0 aliphatic heterocycles. The van der Waals surface area contributed by atoms with Crippen molar-refractivity contribution >= 4 is 23.0 Å². The summed E-state index contributed by atoms with van der Waals surface area (Å²) in [6.45, 7) is 3.87. The minimum Gasteiger partial charge on any atom is -0.366 e. The highest BCUT2D eigenvalue weighted by atomic mass is 16.2. The van der Waals surface area contributed by atoms with E-state index < -0.39 is 11.8 Å². The maximum atomic E-state index is 11.9. The molecule has 4 N–H and O–H groups in total. The van der Waals surface area contributed by atoms with E-state index in [0.717, 1.165) is 11.1 Å². The normalized spacial score (nSPS) is 11.7. The highest BCUT2D eigenvalue weighted by Gasteiger charge is 2.20. The van der Waals surface area contributed by atoms with Crippen LogP contribution in [0.5, 0.6) is 0 Å². The number of benzene rings is 2. The lowest BCUT2D eigenvalue weighted by Gasteiger charge is -2.12. The smallest absolute Gasteiger partial charge is 0.250 e. The third-order valence-corrected chi connectivity index (χ3v) is 3.42. The van der Waals surface area contributed by atoms with Gasteiger partial charge in [-0.05, 0) is 25.0 Å². The van der Waals surface area contributed by atoms with Crippen molar-refractivity contribution in [1.29, 1.82) is 0 Å². The molecular formula is C18H18N2O2. The van der Waals surface area contributed by atoms with Gasteiger partial charge in [0.05, 0.1) is 11.1 Å². The maximum absolute atomic E-state index is 11.9. The number of hydrogen-bond donors (Lipinski definition) is 2. The SMILES string of the molecule is Cc1ccc(C(C(N)=O)=C(C(N)=O)c2ccc(C)cc2)cc1. The molecule has 4 heteroatoms. The van der Waals surface area contributed by atoms with Crippen LogP contribution >= 0.6 is 0 Å². The molecule has 0 aromatic heterocycles. The van der Waals surface area contributed by atoms with E-state index in [9.17, 15) is 9.59 Å². The molecule has 2 aromatic carbocycles. The molecule has 0 aliphatic carbocycles. The molecule has 112 valence electrons. The van der Waals surface area contributed by atoms with E-state index in [1.165, 1.54) is 0 Å². The van der Waals surface area contributed by atoms with E-state index in [-0.39, 0.29) is 11.1 Å². The zero-order valence-corrected chi connectivity index (χ0v) is 12.6. The van der Waals surface area contributed by atoms with Crippen LogP contribution < -0.4 is 11.5 Å². The molecule has 0 saturated heterocycles. The summed E-state index contributed by atoms with van der Waals surface area (Å²) < 4.78 is 0. The Kier molecular flexibility index (Phi) is 4.41. The largest absolute Gasteiger partial charge is 0.366 e. The number of carbonyl (C=O) groups is 2. The number of amides is 2. The van der Waals surface area contributed by atoms with Crippen molar-refractivity contribution < 1.29 is 9.59 Å². The van der Waals surface area contributed by atoms with Crippen molar-refractivity contribution in [2.75, 3.05) is 0 Å². The zero-order valence-electron chi connectivity index (χ0n) is 12.6. The first-order valence-corrected chi connectivity index (χ1v) is 6.88. The van der Waals surface area contributed by atoms with E-state index in [1.54, 1.807) is 24.3 Å². The molecule has 2 aromatic rings. The fourth-order valence-electron chi connectivity index (χ4n) is 2.26. The van der Waals surface area contributed by atoms with Crippen LogP contribution in [-0.2, 0) is 9.59 Å². The Labute approximate surface area is 129 Å².